The highest BCUT2D eigenvalue weighted by atomic mass is 16.5. The molecule has 2 aliphatic rings. The molecule has 7 heteroatoms. The minimum absolute atomic E-state index is 0.0305. The SMILES string of the molecule is COCCCNC(=O)C1CN(C(=O)C2CC2)CC1c1cc(OC)ccc1OC. The van der Waals surface area contributed by atoms with Crippen LogP contribution in [0.5, 0.6) is 11.5 Å². The van der Waals surface area contributed by atoms with E-state index in [0.717, 1.165) is 24.8 Å². The molecule has 2 unspecified atom stereocenters. The fourth-order valence-corrected chi connectivity index (χ4v) is 3.84. The van der Waals surface area contributed by atoms with Crippen molar-refractivity contribution in [2.45, 2.75) is 25.2 Å². The van der Waals surface area contributed by atoms with Gasteiger partial charge in [-0.2, -0.15) is 0 Å². The third-order valence-corrected chi connectivity index (χ3v) is 5.56. The average molecular weight is 390 g/mol. The summed E-state index contributed by atoms with van der Waals surface area (Å²) in [5.74, 6) is 1.25. The average Bonchev–Trinajstić information content (AvgIpc) is 3.48. The first kappa shape index (κ1) is 20.5. The van der Waals surface area contributed by atoms with E-state index in [4.69, 9.17) is 14.2 Å². The highest BCUT2D eigenvalue weighted by Crippen LogP contribution is 2.41. The first-order chi connectivity index (χ1) is 13.6. The summed E-state index contributed by atoms with van der Waals surface area (Å²) in [6.07, 6.45) is 2.67. The van der Waals surface area contributed by atoms with Gasteiger partial charge in [0.2, 0.25) is 11.8 Å². The molecule has 28 heavy (non-hydrogen) atoms. The molecule has 0 radical (unpaired) electrons. The molecule has 1 aliphatic carbocycles. The summed E-state index contributed by atoms with van der Waals surface area (Å²) in [5, 5.41) is 3.00. The molecule has 3 rings (SSSR count). The van der Waals surface area contributed by atoms with Gasteiger partial charge < -0.3 is 24.4 Å². The van der Waals surface area contributed by atoms with Crippen molar-refractivity contribution in [1.29, 1.82) is 0 Å². The zero-order valence-electron chi connectivity index (χ0n) is 16.9. The molecular weight excluding hydrogens is 360 g/mol. The van der Waals surface area contributed by atoms with Crippen LogP contribution in [-0.2, 0) is 14.3 Å². The summed E-state index contributed by atoms with van der Waals surface area (Å²) in [4.78, 5) is 27.4. The molecule has 1 saturated carbocycles. The second-order valence-corrected chi connectivity index (χ2v) is 7.48. The highest BCUT2D eigenvalue weighted by molar-refractivity contribution is 5.85. The Bertz CT molecular complexity index is 704. The van der Waals surface area contributed by atoms with Gasteiger partial charge in [0.25, 0.3) is 0 Å². The number of carbonyl (C=O) groups is 2. The van der Waals surface area contributed by atoms with E-state index in [0.29, 0.717) is 37.7 Å². The number of carbonyl (C=O) groups excluding carboxylic acids is 2. The summed E-state index contributed by atoms with van der Waals surface area (Å²) in [7, 11) is 4.88. The van der Waals surface area contributed by atoms with Crippen molar-refractivity contribution in [1.82, 2.24) is 10.2 Å². The van der Waals surface area contributed by atoms with Gasteiger partial charge in [-0.3, -0.25) is 9.59 Å². The van der Waals surface area contributed by atoms with Crippen LogP contribution in [0, 0.1) is 11.8 Å². The van der Waals surface area contributed by atoms with Crippen LogP contribution in [0.1, 0.15) is 30.7 Å². The predicted molar refractivity (Wildman–Crippen MR) is 105 cm³/mol. The van der Waals surface area contributed by atoms with E-state index < -0.39 is 0 Å². The van der Waals surface area contributed by atoms with Crippen LogP contribution >= 0.6 is 0 Å². The molecule has 1 aromatic carbocycles. The Morgan fingerprint density at radius 3 is 2.57 bits per heavy atom. The van der Waals surface area contributed by atoms with Gasteiger partial charge in [0, 0.05) is 50.8 Å². The number of rotatable bonds is 9. The van der Waals surface area contributed by atoms with Gasteiger partial charge in [-0.05, 0) is 37.5 Å². The molecule has 7 nitrogen and oxygen atoms in total. The van der Waals surface area contributed by atoms with Crippen molar-refractivity contribution in [2.24, 2.45) is 11.8 Å². The number of benzene rings is 1. The van der Waals surface area contributed by atoms with E-state index in [-0.39, 0.29) is 29.6 Å². The summed E-state index contributed by atoms with van der Waals surface area (Å²) in [6, 6.07) is 5.61. The summed E-state index contributed by atoms with van der Waals surface area (Å²) in [5.41, 5.74) is 0.907. The van der Waals surface area contributed by atoms with E-state index in [1.807, 2.05) is 23.1 Å². The fraction of sp³-hybridized carbons (Fsp3) is 0.619. The van der Waals surface area contributed by atoms with E-state index in [2.05, 4.69) is 5.32 Å². The minimum atomic E-state index is -0.314. The van der Waals surface area contributed by atoms with Crippen LogP contribution in [0.4, 0.5) is 0 Å². The summed E-state index contributed by atoms with van der Waals surface area (Å²) in [6.45, 7) is 2.12. The molecule has 1 aliphatic heterocycles. The van der Waals surface area contributed by atoms with Gasteiger partial charge in [0.15, 0.2) is 0 Å². The molecule has 0 spiro atoms. The molecular formula is C21H30N2O5. The lowest BCUT2D eigenvalue weighted by Crippen LogP contribution is -2.36. The molecule has 1 heterocycles. The van der Waals surface area contributed by atoms with E-state index >= 15 is 0 Å². The van der Waals surface area contributed by atoms with Crippen LogP contribution in [0.15, 0.2) is 18.2 Å². The van der Waals surface area contributed by atoms with Gasteiger partial charge >= 0.3 is 0 Å². The van der Waals surface area contributed by atoms with Crippen molar-refractivity contribution >= 4 is 11.8 Å². The summed E-state index contributed by atoms with van der Waals surface area (Å²) < 4.78 is 16.0. The lowest BCUT2D eigenvalue weighted by atomic mass is 9.87. The first-order valence-electron chi connectivity index (χ1n) is 9.86. The van der Waals surface area contributed by atoms with Crippen LogP contribution in [0.2, 0.25) is 0 Å². The Kier molecular flexibility index (Phi) is 6.78. The Morgan fingerprint density at radius 2 is 1.93 bits per heavy atom. The zero-order chi connectivity index (χ0) is 20.1. The van der Waals surface area contributed by atoms with Crippen molar-refractivity contribution in [3.63, 3.8) is 0 Å². The normalized spacial score (nSPS) is 21.5. The number of nitrogens with zero attached hydrogens (tertiary/aromatic N) is 1. The van der Waals surface area contributed by atoms with Crippen molar-refractivity contribution < 1.29 is 23.8 Å². The van der Waals surface area contributed by atoms with Gasteiger partial charge in [0.1, 0.15) is 11.5 Å². The van der Waals surface area contributed by atoms with Crippen LogP contribution in [-0.4, -0.2) is 64.3 Å². The second kappa shape index (κ2) is 9.28. The monoisotopic (exact) mass is 390 g/mol. The third kappa shape index (κ3) is 4.58. The van der Waals surface area contributed by atoms with E-state index in [1.54, 1.807) is 21.3 Å². The maximum atomic E-state index is 12.9. The molecule has 154 valence electrons. The number of ether oxygens (including phenoxy) is 3. The van der Waals surface area contributed by atoms with Crippen molar-refractivity contribution in [3.8, 4) is 11.5 Å². The van der Waals surface area contributed by atoms with Crippen LogP contribution < -0.4 is 14.8 Å². The summed E-state index contributed by atoms with van der Waals surface area (Å²) >= 11 is 0. The molecule has 1 saturated heterocycles. The quantitative estimate of drug-likeness (QED) is 0.651. The Hall–Kier alpha value is -2.28. The highest BCUT2D eigenvalue weighted by Gasteiger charge is 2.44. The molecule has 1 N–H and O–H groups in total. The van der Waals surface area contributed by atoms with E-state index in [9.17, 15) is 9.59 Å². The number of amides is 2. The van der Waals surface area contributed by atoms with Gasteiger partial charge in [-0.15, -0.1) is 0 Å². The number of hydrogen-bond donors (Lipinski definition) is 1. The van der Waals surface area contributed by atoms with Crippen LogP contribution in [0.25, 0.3) is 0 Å². The van der Waals surface area contributed by atoms with Gasteiger partial charge in [0.05, 0.1) is 20.1 Å². The Morgan fingerprint density at radius 1 is 1.14 bits per heavy atom. The fourth-order valence-electron chi connectivity index (χ4n) is 3.84. The largest absolute Gasteiger partial charge is 0.497 e. The predicted octanol–water partition coefficient (Wildman–Crippen LogP) is 1.81. The lowest BCUT2D eigenvalue weighted by molar-refractivity contribution is -0.132. The Balaban J connectivity index is 1.82. The zero-order valence-corrected chi connectivity index (χ0v) is 16.9. The van der Waals surface area contributed by atoms with E-state index in [1.165, 1.54) is 0 Å². The maximum absolute atomic E-state index is 12.9. The topological polar surface area (TPSA) is 77.1 Å². The number of methoxy groups -OCH3 is 3. The molecule has 2 atom stereocenters. The number of likely N-dealkylation sites (tertiary alicyclic amines) is 1. The molecule has 0 aromatic heterocycles. The molecule has 2 fully saturated rings. The van der Waals surface area contributed by atoms with Crippen molar-refractivity contribution in [3.05, 3.63) is 23.8 Å². The minimum Gasteiger partial charge on any atom is -0.497 e. The number of nitrogens with one attached hydrogen (secondary N) is 1. The number of hydrogen-bond acceptors (Lipinski definition) is 5. The van der Waals surface area contributed by atoms with Gasteiger partial charge in [-0.1, -0.05) is 0 Å². The third-order valence-electron chi connectivity index (χ3n) is 5.56. The molecule has 1 aromatic rings. The standard InChI is InChI=1S/C21H30N2O5/c1-26-10-4-9-22-20(24)18-13-23(21(25)14-5-6-14)12-17(18)16-11-15(27-2)7-8-19(16)28-3/h7-8,11,14,17-18H,4-6,9-10,12-13H2,1-3H3,(H,22,24). The second-order valence-electron chi connectivity index (χ2n) is 7.48. The van der Waals surface area contributed by atoms with Crippen molar-refractivity contribution in [2.75, 3.05) is 47.6 Å². The van der Waals surface area contributed by atoms with Gasteiger partial charge in [-0.25, -0.2) is 0 Å². The smallest absolute Gasteiger partial charge is 0.225 e. The van der Waals surface area contributed by atoms with Crippen LogP contribution in [0.3, 0.4) is 0 Å². The lowest BCUT2D eigenvalue weighted by Gasteiger charge is -2.21. The molecule has 2 amide bonds. The molecule has 0 bridgehead atoms. The maximum Gasteiger partial charge on any atom is 0.225 e. The first-order valence-corrected chi connectivity index (χ1v) is 9.86. The Labute approximate surface area is 166 Å².